The van der Waals surface area contributed by atoms with Crippen molar-refractivity contribution in [2.24, 2.45) is 0 Å². The topological polar surface area (TPSA) is 59.0 Å². The van der Waals surface area contributed by atoms with Crippen molar-refractivity contribution < 1.29 is 19.4 Å². The van der Waals surface area contributed by atoms with Crippen LogP contribution in [0.4, 0.5) is 5.69 Å². The van der Waals surface area contributed by atoms with Crippen LogP contribution in [-0.2, 0) is 28.9 Å². The maximum atomic E-state index is 12.1. The first-order valence-corrected chi connectivity index (χ1v) is 12.2. The van der Waals surface area contributed by atoms with Gasteiger partial charge in [0.2, 0.25) is 0 Å². The predicted molar refractivity (Wildman–Crippen MR) is 129 cm³/mol. The van der Waals surface area contributed by atoms with Gasteiger partial charge in [-0.2, -0.15) is 0 Å². The summed E-state index contributed by atoms with van der Waals surface area (Å²) in [6, 6.07) is 8.72. The van der Waals surface area contributed by atoms with Gasteiger partial charge in [0.05, 0.1) is 12.5 Å². The van der Waals surface area contributed by atoms with E-state index in [0.717, 1.165) is 37.2 Å². The number of nitrogens with zero attached hydrogens (tertiary/aromatic N) is 1. The lowest BCUT2D eigenvalue weighted by Crippen LogP contribution is -2.36. The number of hydrogen-bond donors (Lipinski definition) is 1. The van der Waals surface area contributed by atoms with Crippen LogP contribution >= 0.6 is 0 Å². The van der Waals surface area contributed by atoms with Gasteiger partial charge < -0.3 is 19.5 Å². The molecule has 176 valence electrons. The SMILES string of the molecule is Cc1c2c(c(C(C)[C@@H]3C[C@@H](O)CC(=O)O3)c(C)c1N1CCc3ccccc3C1)OC(C)(C)C2. The Morgan fingerprint density at radius 3 is 2.61 bits per heavy atom. The van der Waals surface area contributed by atoms with E-state index in [9.17, 15) is 9.90 Å². The number of cyclic esters (lactones) is 1. The summed E-state index contributed by atoms with van der Waals surface area (Å²) in [7, 11) is 0. The molecule has 3 aliphatic rings. The van der Waals surface area contributed by atoms with Crippen molar-refractivity contribution in [2.45, 2.75) is 90.6 Å². The fourth-order valence-electron chi connectivity index (χ4n) is 6.13. The largest absolute Gasteiger partial charge is 0.487 e. The molecule has 5 nitrogen and oxygen atoms in total. The minimum absolute atomic E-state index is 0.0667. The van der Waals surface area contributed by atoms with E-state index in [0.29, 0.717) is 6.42 Å². The van der Waals surface area contributed by atoms with Crippen LogP contribution in [-0.4, -0.2) is 35.4 Å². The number of carbonyl (C=O) groups is 1. The van der Waals surface area contributed by atoms with Crippen LogP contribution in [0, 0.1) is 13.8 Å². The van der Waals surface area contributed by atoms with Gasteiger partial charge in [-0.1, -0.05) is 31.2 Å². The van der Waals surface area contributed by atoms with E-state index in [1.807, 2.05) is 0 Å². The molecule has 2 aromatic carbocycles. The summed E-state index contributed by atoms with van der Waals surface area (Å²) in [5.74, 6) is 0.573. The van der Waals surface area contributed by atoms with E-state index < -0.39 is 6.10 Å². The Morgan fingerprint density at radius 1 is 1.15 bits per heavy atom. The van der Waals surface area contributed by atoms with E-state index >= 15 is 0 Å². The first-order chi connectivity index (χ1) is 15.6. The molecule has 0 spiro atoms. The van der Waals surface area contributed by atoms with Gasteiger partial charge in [0, 0.05) is 48.7 Å². The molecule has 0 radical (unpaired) electrons. The molecule has 3 atom stereocenters. The van der Waals surface area contributed by atoms with Crippen LogP contribution in [0.2, 0.25) is 0 Å². The first-order valence-electron chi connectivity index (χ1n) is 12.2. The second-order valence-electron chi connectivity index (χ2n) is 10.7. The smallest absolute Gasteiger partial charge is 0.308 e. The van der Waals surface area contributed by atoms with Crippen LogP contribution in [0.3, 0.4) is 0 Å². The Kier molecular flexibility index (Phi) is 5.43. The molecule has 3 heterocycles. The van der Waals surface area contributed by atoms with Gasteiger partial charge in [0.25, 0.3) is 0 Å². The Balaban J connectivity index is 1.61. The molecular weight excluding hydrogens is 414 g/mol. The Morgan fingerprint density at radius 2 is 1.88 bits per heavy atom. The predicted octanol–water partition coefficient (Wildman–Crippen LogP) is 4.75. The molecule has 5 rings (SSSR count). The number of rotatable bonds is 3. The molecule has 1 unspecified atom stereocenters. The number of anilines is 1. The molecule has 2 aromatic rings. The molecule has 0 saturated carbocycles. The molecule has 3 aliphatic heterocycles. The molecule has 0 bridgehead atoms. The Hall–Kier alpha value is -2.53. The quantitative estimate of drug-likeness (QED) is 0.686. The molecular formula is C28H35NO4. The minimum Gasteiger partial charge on any atom is -0.487 e. The second-order valence-corrected chi connectivity index (χ2v) is 10.7. The summed E-state index contributed by atoms with van der Waals surface area (Å²) in [6.45, 7) is 12.7. The zero-order valence-electron chi connectivity index (χ0n) is 20.4. The lowest BCUT2D eigenvalue weighted by molar-refractivity contribution is -0.161. The van der Waals surface area contributed by atoms with Gasteiger partial charge in [-0.05, 0) is 56.4 Å². The monoisotopic (exact) mass is 449 g/mol. The first kappa shape index (κ1) is 22.3. The number of carbonyl (C=O) groups excluding carboxylic acids is 1. The fourth-order valence-corrected chi connectivity index (χ4v) is 6.13. The summed E-state index contributed by atoms with van der Waals surface area (Å²) in [4.78, 5) is 14.6. The zero-order chi connectivity index (χ0) is 23.5. The number of ether oxygens (including phenoxy) is 2. The average molecular weight is 450 g/mol. The van der Waals surface area contributed by atoms with E-state index in [2.05, 4.69) is 63.8 Å². The molecule has 33 heavy (non-hydrogen) atoms. The van der Waals surface area contributed by atoms with Gasteiger partial charge >= 0.3 is 5.97 Å². The average Bonchev–Trinajstić information content (AvgIpc) is 3.08. The van der Waals surface area contributed by atoms with Gasteiger partial charge in [-0.3, -0.25) is 4.79 Å². The van der Waals surface area contributed by atoms with Crippen molar-refractivity contribution in [3.8, 4) is 5.75 Å². The minimum atomic E-state index is -0.645. The summed E-state index contributed by atoms with van der Waals surface area (Å²) in [5.41, 5.74) is 8.73. The lowest BCUT2D eigenvalue weighted by Gasteiger charge is -2.37. The molecule has 0 aliphatic carbocycles. The summed E-state index contributed by atoms with van der Waals surface area (Å²) >= 11 is 0. The number of hydrogen-bond acceptors (Lipinski definition) is 5. The molecule has 1 N–H and O–H groups in total. The van der Waals surface area contributed by atoms with Crippen molar-refractivity contribution in [1.29, 1.82) is 0 Å². The van der Waals surface area contributed by atoms with Crippen molar-refractivity contribution in [3.05, 3.63) is 57.6 Å². The highest BCUT2D eigenvalue weighted by Gasteiger charge is 2.41. The van der Waals surface area contributed by atoms with Crippen molar-refractivity contribution in [2.75, 3.05) is 11.4 Å². The lowest BCUT2D eigenvalue weighted by atomic mass is 9.82. The highest BCUT2D eigenvalue weighted by Crippen LogP contribution is 2.50. The number of aliphatic hydroxyl groups excluding tert-OH is 1. The summed E-state index contributed by atoms with van der Waals surface area (Å²) in [5, 5.41) is 10.2. The van der Waals surface area contributed by atoms with Gasteiger partial charge in [-0.15, -0.1) is 0 Å². The third-order valence-corrected chi connectivity index (χ3v) is 7.72. The highest BCUT2D eigenvalue weighted by atomic mass is 16.5. The van der Waals surface area contributed by atoms with Crippen LogP contribution in [0.1, 0.15) is 72.9 Å². The molecule has 1 saturated heterocycles. The molecule has 5 heteroatoms. The van der Waals surface area contributed by atoms with Crippen molar-refractivity contribution in [3.63, 3.8) is 0 Å². The number of aliphatic hydroxyl groups is 1. The third-order valence-electron chi connectivity index (χ3n) is 7.72. The van der Waals surface area contributed by atoms with Gasteiger partial charge in [0.15, 0.2) is 0 Å². The van der Waals surface area contributed by atoms with E-state index in [1.54, 1.807) is 0 Å². The van der Waals surface area contributed by atoms with E-state index in [1.165, 1.54) is 33.5 Å². The number of esters is 1. The maximum Gasteiger partial charge on any atom is 0.308 e. The van der Waals surface area contributed by atoms with Crippen molar-refractivity contribution in [1.82, 2.24) is 0 Å². The summed E-state index contributed by atoms with van der Waals surface area (Å²) in [6.07, 6.45) is 1.44. The molecule has 0 amide bonds. The van der Waals surface area contributed by atoms with Crippen LogP contribution in [0.5, 0.6) is 5.75 Å². The number of fused-ring (bicyclic) bond motifs is 2. The summed E-state index contributed by atoms with van der Waals surface area (Å²) < 4.78 is 12.3. The third kappa shape index (κ3) is 3.90. The van der Waals surface area contributed by atoms with Crippen LogP contribution in [0.15, 0.2) is 24.3 Å². The normalized spacial score (nSPS) is 24.5. The Bertz CT molecular complexity index is 1110. The number of benzene rings is 2. The Labute approximate surface area is 196 Å². The highest BCUT2D eigenvalue weighted by molar-refractivity contribution is 5.73. The maximum absolute atomic E-state index is 12.1. The fraction of sp³-hybridized carbons (Fsp3) is 0.536. The zero-order valence-corrected chi connectivity index (χ0v) is 20.4. The van der Waals surface area contributed by atoms with E-state index in [-0.39, 0.29) is 30.0 Å². The standard InChI is InChI=1S/C28H35NO4/c1-16-22-14-28(4,5)33-27(22)25(17(2)23-12-21(30)13-24(31)32-23)18(3)26(16)29-11-10-19-8-6-7-9-20(19)15-29/h6-9,17,21,23,30H,10-15H2,1-5H3/t17?,21-,23+/m1/s1. The molecule has 1 fully saturated rings. The van der Waals surface area contributed by atoms with Gasteiger partial charge in [0.1, 0.15) is 17.5 Å². The van der Waals surface area contributed by atoms with Gasteiger partial charge in [-0.25, -0.2) is 0 Å². The second kappa shape index (κ2) is 8.05. The molecule has 0 aromatic heterocycles. The van der Waals surface area contributed by atoms with E-state index in [4.69, 9.17) is 9.47 Å². The van der Waals surface area contributed by atoms with Crippen LogP contribution < -0.4 is 9.64 Å². The van der Waals surface area contributed by atoms with Crippen LogP contribution in [0.25, 0.3) is 0 Å². The van der Waals surface area contributed by atoms with Crippen molar-refractivity contribution >= 4 is 11.7 Å².